The maximum absolute atomic E-state index is 12.7. The number of carbonyl (C=O) groups is 1. The van der Waals surface area contributed by atoms with E-state index in [-0.39, 0.29) is 17.9 Å². The van der Waals surface area contributed by atoms with E-state index in [0.717, 1.165) is 30.6 Å². The Kier molecular flexibility index (Phi) is 4.31. The summed E-state index contributed by atoms with van der Waals surface area (Å²) in [7, 11) is 0. The smallest absolute Gasteiger partial charge is 0.223 e. The number of hydrogen-bond acceptors (Lipinski definition) is 2. The standard InChI is InChI=1S/C18H32N2O/c1-10-6-11(2)17(19)9-15(10)18(21)20-12(3)16-8-13-4-5-14(16)7-13/h10-17H,4-9,19H2,1-3H3,(H,20,21). The highest BCUT2D eigenvalue weighted by atomic mass is 16.2. The fourth-order valence-electron chi connectivity index (χ4n) is 5.39. The van der Waals surface area contributed by atoms with E-state index in [2.05, 4.69) is 26.1 Å². The number of amides is 1. The van der Waals surface area contributed by atoms with Crippen molar-refractivity contribution < 1.29 is 4.79 Å². The van der Waals surface area contributed by atoms with Gasteiger partial charge in [-0.3, -0.25) is 4.79 Å². The molecule has 1 amide bonds. The van der Waals surface area contributed by atoms with Crippen LogP contribution in [0.25, 0.3) is 0 Å². The van der Waals surface area contributed by atoms with E-state index in [1.807, 2.05) is 0 Å². The molecule has 0 aromatic heterocycles. The van der Waals surface area contributed by atoms with Crippen molar-refractivity contribution in [2.75, 3.05) is 0 Å². The van der Waals surface area contributed by atoms with Gasteiger partial charge in [0.05, 0.1) is 0 Å². The van der Waals surface area contributed by atoms with Gasteiger partial charge in [-0.25, -0.2) is 0 Å². The van der Waals surface area contributed by atoms with E-state index in [1.54, 1.807) is 0 Å². The van der Waals surface area contributed by atoms with Crippen molar-refractivity contribution in [3.63, 3.8) is 0 Å². The van der Waals surface area contributed by atoms with Crippen LogP contribution in [0.1, 0.15) is 59.3 Å². The average molecular weight is 292 g/mol. The molecule has 0 radical (unpaired) electrons. The van der Waals surface area contributed by atoms with Crippen LogP contribution in [0.2, 0.25) is 0 Å². The lowest BCUT2D eigenvalue weighted by Crippen LogP contribution is -2.48. The van der Waals surface area contributed by atoms with Gasteiger partial charge < -0.3 is 11.1 Å². The predicted octanol–water partition coefficient (Wildman–Crippen LogP) is 2.94. The Balaban J connectivity index is 1.56. The lowest BCUT2D eigenvalue weighted by molar-refractivity contribution is -0.129. The predicted molar refractivity (Wildman–Crippen MR) is 85.6 cm³/mol. The first-order valence-corrected chi connectivity index (χ1v) is 9.01. The van der Waals surface area contributed by atoms with E-state index < -0.39 is 0 Å². The van der Waals surface area contributed by atoms with Crippen LogP contribution in [0.4, 0.5) is 0 Å². The normalized spacial score (nSPS) is 47.3. The Hall–Kier alpha value is -0.570. The van der Waals surface area contributed by atoms with Crippen LogP contribution >= 0.6 is 0 Å². The first-order valence-electron chi connectivity index (χ1n) is 9.01. The van der Waals surface area contributed by atoms with Crippen molar-refractivity contribution in [1.82, 2.24) is 5.32 Å². The first kappa shape index (κ1) is 15.3. The number of hydrogen-bond donors (Lipinski definition) is 2. The van der Waals surface area contributed by atoms with Gasteiger partial charge in [-0.1, -0.05) is 20.3 Å². The molecule has 3 N–H and O–H groups in total. The van der Waals surface area contributed by atoms with Crippen LogP contribution < -0.4 is 11.1 Å². The fourth-order valence-corrected chi connectivity index (χ4v) is 5.39. The molecule has 8 unspecified atom stereocenters. The molecular formula is C18H32N2O. The van der Waals surface area contributed by atoms with Gasteiger partial charge in [-0.05, 0) is 68.6 Å². The molecule has 0 spiro atoms. The summed E-state index contributed by atoms with van der Waals surface area (Å²) in [5.41, 5.74) is 6.19. The van der Waals surface area contributed by atoms with E-state index in [1.165, 1.54) is 25.7 Å². The number of rotatable bonds is 3. The molecule has 120 valence electrons. The number of nitrogens with one attached hydrogen (secondary N) is 1. The molecule has 3 fully saturated rings. The fraction of sp³-hybridized carbons (Fsp3) is 0.944. The number of carbonyl (C=O) groups excluding carboxylic acids is 1. The van der Waals surface area contributed by atoms with Gasteiger partial charge in [-0.2, -0.15) is 0 Å². The Morgan fingerprint density at radius 3 is 2.48 bits per heavy atom. The number of nitrogens with two attached hydrogens (primary N) is 1. The molecule has 0 aliphatic heterocycles. The molecule has 0 heterocycles. The second kappa shape index (κ2) is 5.91. The van der Waals surface area contributed by atoms with Crippen molar-refractivity contribution in [1.29, 1.82) is 0 Å². The Morgan fingerprint density at radius 1 is 1.10 bits per heavy atom. The monoisotopic (exact) mass is 292 g/mol. The Bertz CT molecular complexity index is 397. The van der Waals surface area contributed by atoms with Gasteiger partial charge in [0.25, 0.3) is 0 Å². The van der Waals surface area contributed by atoms with Crippen LogP contribution in [-0.2, 0) is 4.79 Å². The Labute approximate surface area is 129 Å². The molecule has 3 nitrogen and oxygen atoms in total. The van der Waals surface area contributed by atoms with Gasteiger partial charge >= 0.3 is 0 Å². The minimum absolute atomic E-state index is 0.122. The summed E-state index contributed by atoms with van der Waals surface area (Å²) < 4.78 is 0. The summed E-state index contributed by atoms with van der Waals surface area (Å²) in [5.74, 6) is 3.94. The topological polar surface area (TPSA) is 55.1 Å². The molecule has 0 aromatic rings. The first-order chi connectivity index (χ1) is 9.95. The number of fused-ring (bicyclic) bond motifs is 2. The molecule has 3 heteroatoms. The third-order valence-electron chi connectivity index (χ3n) is 6.83. The van der Waals surface area contributed by atoms with Crippen molar-refractivity contribution in [3.05, 3.63) is 0 Å². The molecule has 3 saturated carbocycles. The highest BCUT2D eigenvalue weighted by Crippen LogP contribution is 2.49. The highest BCUT2D eigenvalue weighted by molar-refractivity contribution is 5.79. The molecule has 3 rings (SSSR count). The summed E-state index contributed by atoms with van der Waals surface area (Å²) in [6, 6.07) is 0.533. The quantitative estimate of drug-likeness (QED) is 0.840. The lowest BCUT2D eigenvalue weighted by atomic mass is 9.72. The molecule has 0 saturated heterocycles. The molecule has 2 bridgehead atoms. The summed E-state index contributed by atoms with van der Waals surface area (Å²) in [6.07, 6.45) is 7.50. The highest BCUT2D eigenvalue weighted by Gasteiger charge is 2.43. The van der Waals surface area contributed by atoms with Crippen molar-refractivity contribution in [2.45, 2.75) is 71.4 Å². The minimum atomic E-state index is 0.122. The van der Waals surface area contributed by atoms with Gasteiger partial charge in [-0.15, -0.1) is 0 Å². The zero-order valence-electron chi connectivity index (χ0n) is 13.8. The molecule has 8 atom stereocenters. The van der Waals surface area contributed by atoms with Gasteiger partial charge in [0.15, 0.2) is 0 Å². The zero-order chi connectivity index (χ0) is 15.1. The second-order valence-corrected chi connectivity index (χ2v) is 8.33. The second-order valence-electron chi connectivity index (χ2n) is 8.33. The van der Waals surface area contributed by atoms with E-state index in [4.69, 9.17) is 5.73 Å². The molecule has 21 heavy (non-hydrogen) atoms. The molecule has 3 aliphatic carbocycles. The van der Waals surface area contributed by atoms with Crippen LogP contribution in [0.15, 0.2) is 0 Å². The minimum Gasteiger partial charge on any atom is -0.353 e. The lowest BCUT2D eigenvalue weighted by Gasteiger charge is -2.37. The van der Waals surface area contributed by atoms with Crippen LogP contribution in [0, 0.1) is 35.5 Å². The SMILES string of the molecule is CC1CC(C)C(C(=O)NC(C)C2CC3CCC2C3)CC1N. The van der Waals surface area contributed by atoms with E-state index >= 15 is 0 Å². The van der Waals surface area contributed by atoms with Gasteiger partial charge in [0.1, 0.15) is 0 Å². The van der Waals surface area contributed by atoms with Crippen molar-refractivity contribution >= 4 is 5.91 Å². The third kappa shape index (κ3) is 2.99. The molecule has 0 aromatic carbocycles. The zero-order valence-corrected chi connectivity index (χ0v) is 13.8. The Morgan fingerprint density at radius 2 is 1.86 bits per heavy atom. The van der Waals surface area contributed by atoms with E-state index in [0.29, 0.717) is 17.9 Å². The van der Waals surface area contributed by atoms with Gasteiger partial charge in [0, 0.05) is 18.0 Å². The summed E-state index contributed by atoms with van der Waals surface area (Å²) in [5, 5.41) is 3.35. The third-order valence-corrected chi connectivity index (χ3v) is 6.83. The van der Waals surface area contributed by atoms with Crippen LogP contribution in [0.5, 0.6) is 0 Å². The maximum Gasteiger partial charge on any atom is 0.223 e. The summed E-state index contributed by atoms with van der Waals surface area (Å²) >= 11 is 0. The molecular weight excluding hydrogens is 260 g/mol. The largest absolute Gasteiger partial charge is 0.353 e. The van der Waals surface area contributed by atoms with Crippen molar-refractivity contribution in [3.8, 4) is 0 Å². The van der Waals surface area contributed by atoms with E-state index in [9.17, 15) is 4.79 Å². The summed E-state index contributed by atoms with van der Waals surface area (Å²) in [6.45, 7) is 6.65. The van der Waals surface area contributed by atoms with Crippen molar-refractivity contribution in [2.24, 2.45) is 41.2 Å². The maximum atomic E-state index is 12.7. The van der Waals surface area contributed by atoms with Crippen LogP contribution in [-0.4, -0.2) is 18.0 Å². The average Bonchev–Trinajstić information content (AvgIpc) is 3.05. The molecule has 3 aliphatic rings. The van der Waals surface area contributed by atoms with Gasteiger partial charge in [0.2, 0.25) is 5.91 Å². The summed E-state index contributed by atoms with van der Waals surface area (Å²) in [4.78, 5) is 12.7. The van der Waals surface area contributed by atoms with Crippen LogP contribution in [0.3, 0.4) is 0 Å².